The van der Waals surface area contributed by atoms with Crippen molar-refractivity contribution >= 4 is 43.9 Å². The van der Waals surface area contributed by atoms with Crippen molar-refractivity contribution in [2.24, 2.45) is 5.41 Å². The van der Waals surface area contributed by atoms with Gasteiger partial charge in [-0.1, -0.05) is 26.8 Å². The van der Waals surface area contributed by atoms with Crippen LogP contribution in [0.3, 0.4) is 0 Å². The number of β-amino-alcohol motifs (C(OH)–C–C–N with tert-alkyl or cyclic N) is 1. The van der Waals surface area contributed by atoms with Crippen LogP contribution in [0, 0.1) is 5.41 Å². The largest absolute Gasteiger partial charge is 0.389 e. The van der Waals surface area contributed by atoms with E-state index in [4.69, 9.17) is 14.7 Å². The molecule has 0 bridgehead atoms. The third-order valence-electron chi connectivity index (χ3n) is 9.49. The number of pyridine rings is 1. The first-order chi connectivity index (χ1) is 19.6. The molecule has 1 saturated carbocycles. The highest BCUT2D eigenvalue weighted by Gasteiger charge is 2.70. The molecular weight excluding hydrogens is 540 g/mol. The summed E-state index contributed by atoms with van der Waals surface area (Å²) in [4.78, 5) is 18.2. The summed E-state index contributed by atoms with van der Waals surface area (Å²) in [5.74, 6) is 2.39. The summed E-state index contributed by atoms with van der Waals surface area (Å²) in [5, 5.41) is 15.7. The van der Waals surface area contributed by atoms with Crippen LogP contribution < -0.4 is 15.1 Å². The van der Waals surface area contributed by atoms with E-state index in [2.05, 4.69) is 54.2 Å². The lowest BCUT2D eigenvalue weighted by molar-refractivity contribution is -0.0219. The number of aliphatic hydroxyl groups excluding tert-OH is 1. The summed E-state index contributed by atoms with van der Waals surface area (Å²) in [6, 6.07) is 8.40. The van der Waals surface area contributed by atoms with Crippen LogP contribution in [0.2, 0.25) is 0 Å². The Morgan fingerprint density at radius 1 is 1.20 bits per heavy atom. The van der Waals surface area contributed by atoms with Gasteiger partial charge in [-0.05, 0) is 54.8 Å². The summed E-state index contributed by atoms with van der Waals surface area (Å²) >= 11 is 0. The summed E-state index contributed by atoms with van der Waals surface area (Å²) in [6.45, 7) is 10.2. The first-order valence-corrected chi connectivity index (χ1v) is 16.3. The highest BCUT2D eigenvalue weighted by atomic mass is 32.2. The van der Waals surface area contributed by atoms with Gasteiger partial charge < -0.3 is 25.0 Å². The Hall–Kier alpha value is -3.02. The number of nitrogens with one attached hydrogen (secondary N) is 1. The van der Waals surface area contributed by atoms with Gasteiger partial charge >= 0.3 is 0 Å². The van der Waals surface area contributed by atoms with Gasteiger partial charge in [0.1, 0.15) is 11.6 Å². The minimum Gasteiger partial charge on any atom is -0.389 e. The highest BCUT2D eigenvalue weighted by Crippen LogP contribution is 2.62. The Morgan fingerprint density at radius 3 is 2.68 bits per heavy atom. The van der Waals surface area contributed by atoms with Gasteiger partial charge in [0.05, 0.1) is 17.5 Å². The van der Waals surface area contributed by atoms with Crippen molar-refractivity contribution in [1.29, 1.82) is 0 Å². The molecule has 3 aromatic rings. The molecule has 2 aliphatic heterocycles. The van der Waals surface area contributed by atoms with Crippen molar-refractivity contribution in [2.75, 3.05) is 47.6 Å². The summed E-state index contributed by atoms with van der Waals surface area (Å²) in [7, 11) is -1.40. The second kappa shape index (κ2) is 10.4. The van der Waals surface area contributed by atoms with E-state index in [9.17, 15) is 13.5 Å². The molecule has 1 aliphatic carbocycles. The molecule has 3 aliphatic rings. The topological polar surface area (TPSA) is 121 Å². The molecule has 5 atom stereocenters. The Bertz CT molecular complexity index is 1570. The molecule has 2 saturated heterocycles. The first kappa shape index (κ1) is 28.1. The molecule has 1 unspecified atom stereocenters. The van der Waals surface area contributed by atoms with Gasteiger partial charge in [-0.2, -0.15) is 4.98 Å². The lowest BCUT2D eigenvalue weighted by atomic mass is 9.84. The third-order valence-corrected chi connectivity index (χ3v) is 11.8. The fourth-order valence-electron chi connectivity index (χ4n) is 6.79. The molecule has 0 amide bonds. The number of anilines is 4. The van der Waals surface area contributed by atoms with Gasteiger partial charge in [0.15, 0.2) is 9.84 Å². The zero-order valence-electron chi connectivity index (χ0n) is 24.4. The van der Waals surface area contributed by atoms with Crippen LogP contribution in [0.4, 0.5) is 23.3 Å². The van der Waals surface area contributed by atoms with E-state index in [0.717, 1.165) is 29.4 Å². The molecule has 2 aromatic heterocycles. The second-order valence-electron chi connectivity index (χ2n) is 12.1. The maximum Gasteiger partial charge on any atom is 0.227 e. The van der Waals surface area contributed by atoms with Crippen molar-refractivity contribution in [3.63, 3.8) is 0 Å². The van der Waals surface area contributed by atoms with E-state index in [1.807, 2.05) is 17.2 Å². The highest BCUT2D eigenvalue weighted by molar-refractivity contribution is 7.92. The molecule has 3 fully saturated rings. The van der Waals surface area contributed by atoms with Crippen LogP contribution >= 0.6 is 0 Å². The Kier molecular flexibility index (Phi) is 7.10. The summed E-state index contributed by atoms with van der Waals surface area (Å²) in [6.07, 6.45) is 4.33. The number of methoxy groups -OCH3 is 1. The monoisotopic (exact) mass is 580 g/mol. The van der Waals surface area contributed by atoms with E-state index >= 15 is 0 Å². The zero-order valence-corrected chi connectivity index (χ0v) is 25.2. The molecule has 2 N–H and O–H groups in total. The predicted molar refractivity (Wildman–Crippen MR) is 162 cm³/mol. The van der Waals surface area contributed by atoms with Gasteiger partial charge in [-0.25, -0.2) is 18.4 Å². The quantitative estimate of drug-likeness (QED) is 0.406. The van der Waals surface area contributed by atoms with Crippen LogP contribution in [0.5, 0.6) is 0 Å². The number of piperidine rings is 1. The van der Waals surface area contributed by atoms with E-state index in [1.54, 1.807) is 20.2 Å². The van der Waals surface area contributed by atoms with E-state index in [0.29, 0.717) is 43.0 Å². The molecule has 6 rings (SSSR count). The van der Waals surface area contributed by atoms with Gasteiger partial charge in [-0.15, -0.1) is 0 Å². The fourth-order valence-corrected chi connectivity index (χ4v) is 8.75. The molecule has 41 heavy (non-hydrogen) atoms. The van der Waals surface area contributed by atoms with Gasteiger partial charge in [0.25, 0.3) is 0 Å². The molecule has 220 valence electrons. The number of ether oxygens (including phenoxy) is 1. The van der Waals surface area contributed by atoms with Crippen molar-refractivity contribution in [2.45, 2.75) is 70.0 Å². The van der Waals surface area contributed by atoms with Crippen LogP contribution in [0.15, 0.2) is 36.7 Å². The maximum atomic E-state index is 12.6. The minimum atomic E-state index is -3.02. The van der Waals surface area contributed by atoms with Crippen molar-refractivity contribution in [3.05, 3.63) is 42.2 Å². The average Bonchev–Trinajstić information content (AvgIpc) is 3.74. The molecule has 4 heterocycles. The number of nitrogens with zero attached hydrogens (tertiary/aromatic N) is 5. The Balaban J connectivity index is 1.25. The number of rotatable bonds is 8. The van der Waals surface area contributed by atoms with Gasteiger partial charge in [0.2, 0.25) is 5.95 Å². The van der Waals surface area contributed by atoms with Crippen LogP contribution in [-0.2, 0) is 14.6 Å². The third kappa shape index (κ3) is 4.81. The summed E-state index contributed by atoms with van der Waals surface area (Å²) < 4.78 is 30.5. The van der Waals surface area contributed by atoms with Gasteiger partial charge in [0, 0.05) is 67.4 Å². The lowest BCUT2D eigenvalue weighted by Crippen LogP contribution is -2.59. The number of sulfone groups is 1. The average molecular weight is 581 g/mol. The molecule has 0 radical (unpaired) electrons. The molecule has 1 spiro atoms. The maximum absolute atomic E-state index is 12.6. The number of fused-ring (bicyclic) bond motifs is 1. The molecule has 10 nitrogen and oxygen atoms in total. The standard InChI is InChI=1S/C30H40N6O4S/c1-6-41(38,39)26-14-30(26)17-36(19(30)4)23-8-7-20(18(2)3)21-13-28(32-15-22(21)23)33-27-9-11-31-29(34-27)35-12-10-25(40-5)24(37)16-35/h7-9,11,13,15,18-19,24-26,37H,6,10,12,14,16-17H2,1-5H3,(H,31,32,33,34)/t19-,24-,25+,26-,30?/m1/s1. The number of hydrogen-bond donors (Lipinski definition) is 2. The Labute approximate surface area is 242 Å². The SMILES string of the molecule is CCS(=O)(=O)[C@@H]1CC12CN(c1ccc(C(C)C)c3cc(Nc4ccnc(N5CC[C@H](OC)[C@H](O)C5)n4)ncc13)[C@@H]2C. The molecular formula is C30H40N6O4S. The summed E-state index contributed by atoms with van der Waals surface area (Å²) in [5.41, 5.74) is 2.21. The molecule has 11 heteroatoms. The smallest absolute Gasteiger partial charge is 0.227 e. The van der Waals surface area contributed by atoms with E-state index in [-0.39, 0.29) is 28.6 Å². The number of aliphatic hydroxyl groups is 1. The lowest BCUT2D eigenvalue weighted by Gasteiger charge is -2.50. The van der Waals surface area contributed by atoms with Crippen molar-refractivity contribution in [3.8, 4) is 0 Å². The van der Waals surface area contributed by atoms with Crippen molar-refractivity contribution < 1.29 is 18.3 Å². The van der Waals surface area contributed by atoms with Gasteiger partial charge in [-0.3, -0.25) is 0 Å². The van der Waals surface area contributed by atoms with Crippen LogP contribution in [0.1, 0.15) is 52.0 Å². The predicted octanol–water partition coefficient (Wildman–Crippen LogP) is 3.88. The van der Waals surface area contributed by atoms with Crippen LogP contribution in [0.25, 0.3) is 10.8 Å². The first-order valence-electron chi connectivity index (χ1n) is 14.5. The number of benzene rings is 1. The Morgan fingerprint density at radius 2 is 2.00 bits per heavy atom. The number of hydrogen-bond acceptors (Lipinski definition) is 10. The second-order valence-corrected chi connectivity index (χ2v) is 14.5. The van der Waals surface area contributed by atoms with E-state index in [1.165, 1.54) is 5.56 Å². The zero-order chi connectivity index (χ0) is 29.1. The van der Waals surface area contributed by atoms with Crippen molar-refractivity contribution in [1.82, 2.24) is 15.0 Å². The fraction of sp³-hybridized carbons (Fsp3) is 0.567. The minimum absolute atomic E-state index is 0.119. The van der Waals surface area contributed by atoms with E-state index < -0.39 is 15.9 Å². The molecule has 1 aromatic carbocycles. The van der Waals surface area contributed by atoms with Crippen LogP contribution in [-0.4, -0.2) is 84.5 Å². The number of aromatic nitrogens is 3. The normalized spacial score (nSPS) is 27.9.